The summed E-state index contributed by atoms with van der Waals surface area (Å²) in [7, 11) is -2.56. The first-order valence-corrected chi connectivity index (χ1v) is 12.9. The molecule has 0 aliphatic carbocycles. The molecule has 0 radical (unpaired) electrons. The Bertz CT molecular complexity index is 1060. The molecule has 1 saturated heterocycles. The largest absolute Gasteiger partial charge is 0.402 e. The lowest BCUT2D eigenvalue weighted by molar-refractivity contribution is 0.00751. The van der Waals surface area contributed by atoms with Crippen molar-refractivity contribution in [1.82, 2.24) is 4.90 Å². The molecule has 164 valence electrons. The van der Waals surface area contributed by atoms with E-state index in [1.807, 2.05) is 0 Å². The van der Waals surface area contributed by atoms with Crippen LogP contribution in [0.4, 0.5) is 10.1 Å². The predicted molar refractivity (Wildman–Crippen MR) is 130 cm³/mol. The minimum Gasteiger partial charge on any atom is -0.402 e. The van der Waals surface area contributed by atoms with Crippen LogP contribution in [-0.4, -0.2) is 32.4 Å². The third-order valence-electron chi connectivity index (χ3n) is 6.24. The maximum absolute atomic E-state index is 14.3. The monoisotopic (exact) mass is 444 g/mol. The van der Waals surface area contributed by atoms with Crippen LogP contribution in [0.5, 0.6) is 0 Å². The molecule has 1 fully saturated rings. The van der Waals surface area contributed by atoms with Gasteiger partial charge in [-0.2, -0.15) is 0 Å². The van der Waals surface area contributed by atoms with Crippen LogP contribution in [0.1, 0.15) is 26.3 Å². The van der Waals surface area contributed by atoms with E-state index < -0.39 is 8.32 Å². The Morgan fingerprint density at radius 1 is 0.969 bits per heavy atom. The first-order valence-electron chi connectivity index (χ1n) is 11.0. The fourth-order valence-corrected chi connectivity index (χ4v) is 9.31. The fourth-order valence-electron chi connectivity index (χ4n) is 4.64. The average Bonchev–Trinajstić information content (AvgIpc) is 2.76. The van der Waals surface area contributed by atoms with Gasteiger partial charge in [0.25, 0.3) is 8.32 Å². The van der Waals surface area contributed by atoms with Gasteiger partial charge in [-0.1, -0.05) is 93.6 Å². The maximum atomic E-state index is 14.3. The molecule has 1 aliphatic heterocycles. The Hall–Kier alpha value is -2.78. The molecule has 3 aromatic carbocycles. The lowest BCUT2D eigenvalue weighted by Gasteiger charge is -2.49. The van der Waals surface area contributed by atoms with Gasteiger partial charge in [-0.15, -0.1) is 0 Å². The smallest absolute Gasteiger partial charge is 0.261 e. The van der Waals surface area contributed by atoms with Gasteiger partial charge in [-0.05, 0) is 27.0 Å². The van der Waals surface area contributed by atoms with Crippen LogP contribution < -0.4 is 10.4 Å². The fraction of sp³-hybridized carbons (Fsp3) is 0.296. The molecule has 3 nitrogen and oxygen atoms in total. The van der Waals surface area contributed by atoms with Gasteiger partial charge in [-0.25, -0.2) is 9.24 Å². The lowest BCUT2D eigenvalue weighted by atomic mass is 10.1. The van der Waals surface area contributed by atoms with Crippen molar-refractivity contribution < 1.29 is 8.82 Å². The number of hydrogen-bond donors (Lipinski definition) is 0. The molecule has 0 atom stereocenters. The van der Waals surface area contributed by atoms with Crippen LogP contribution in [0, 0.1) is 12.4 Å². The van der Waals surface area contributed by atoms with Crippen molar-refractivity contribution in [3.8, 4) is 0 Å². The van der Waals surface area contributed by atoms with E-state index in [2.05, 4.69) is 91.2 Å². The van der Waals surface area contributed by atoms with Crippen molar-refractivity contribution in [2.45, 2.75) is 38.5 Å². The van der Waals surface area contributed by atoms with Crippen LogP contribution in [0.3, 0.4) is 0 Å². The van der Waals surface area contributed by atoms with Gasteiger partial charge in [0.15, 0.2) is 5.69 Å². The quantitative estimate of drug-likeness (QED) is 0.387. The summed E-state index contributed by atoms with van der Waals surface area (Å²) >= 11 is 0. The van der Waals surface area contributed by atoms with E-state index in [4.69, 9.17) is 11.0 Å². The zero-order valence-corrected chi connectivity index (χ0v) is 19.9. The first-order chi connectivity index (χ1) is 15.3. The molecule has 32 heavy (non-hydrogen) atoms. The van der Waals surface area contributed by atoms with Gasteiger partial charge < -0.3 is 4.43 Å². The van der Waals surface area contributed by atoms with Crippen molar-refractivity contribution in [3.63, 3.8) is 0 Å². The van der Waals surface area contributed by atoms with E-state index in [1.54, 1.807) is 12.1 Å². The zero-order valence-electron chi connectivity index (χ0n) is 18.9. The molecule has 0 bridgehead atoms. The van der Waals surface area contributed by atoms with Crippen molar-refractivity contribution >= 4 is 24.4 Å². The topological polar surface area (TPSA) is 16.8 Å². The van der Waals surface area contributed by atoms with E-state index in [0.717, 1.165) is 13.1 Å². The Balaban J connectivity index is 1.57. The number of halogens is 1. The minimum atomic E-state index is -2.56. The Morgan fingerprint density at radius 3 is 2.00 bits per heavy atom. The summed E-state index contributed by atoms with van der Waals surface area (Å²) in [5.41, 5.74) is 0.962. The Labute approximate surface area is 191 Å². The summed E-state index contributed by atoms with van der Waals surface area (Å²) < 4.78 is 21.4. The molecule has 0 unspecified atom stereocenters. The predicted octanol–water partition coefficient (Wildman–Crippen LogP) is 5.14. The maximum Gasteiger partial charge on any atom is 0.261 e. The molecule has 3 aromatic rings. The number of rotatable bonds is 6. The summed E-state index contributed by atoms with van der Waals surface area (Å²) in [5.74, 6) is -0.310. The highest BCUT2D eigenvalue weighted by Crippen LogP contribution is 2.38. The molecule has 1 aliphatic rings. The van der Waals surface area contributed by atoms with E-state index >= 15 is 0 Å². The second-order valence-electron chi connectivity index (χ2n) is 9.48. The summed E-state index contributed by atoms with van der Waals surface area (Å²) in [6.45, 7) is 16.0. The molecule has 5 heteroatoms. The molecule has 0 aromatic heterocycles. The average molecular weight is 445 g/mol. The third kappa shape index (κ3) is 4.27. The summed E-state index contributed by atoms with van der Waals surface area (Å²) in [5, 5.41) is 2.49. The van der Waals surface area contributed by atoms with Crippen molar-refractivity contribution in [2.75, 3.05) is 13.1 Å². The second-order valence-corrected chi connectivity index (χ2v) is 13.7. The number of nitrogens with zero attached hydrogens (tertiary/aromatic N) is 2. The van der Waals surface area contributed by atoms with Gasteiger partial charge in [-0.3, -0.25) is 4.90 Å². The standard InChI is InChI=1S/C27H29FN2OSi/c1-27(2,3)32(24-11-7-5-8-12-24,25-13-9-6-10-14-25)31-23-19-30(20-23)18-21-15-16-22(29-4)17-26(21)28/h5-17,23H,18-20H2,1-3H3. The number of likely N-dealkylation sites (tertiary alicyclic amines) is 1. The van der Waals surface area contributed by atoms with E-state index in [1.165, 1.54) is 16.4 Å². The van der Waals surface area contributed by atoms with Gasteiger partial charge in [0.2, 0.25) is 0 Å². The van der Waals surface area contributed by atoms with Crippen LogP contribution in [-0.2, 0) is 11.0 Å². The lowest BCUT2D eigenvalue weighted by Crippen LogP contribution is -2.70. The summed E-state index contributed by atoms with van der Waals surface area (Å²) in [6.07, 6.45) is 0.104. The van der Waals surface area contributed by atoms with Gasteiger partial charge >= 0.3 is 0 Å². The van der Waals surface area contributed by atoms with Gasteiger partial charge in [0.05, 0.1) is 12.7 Å². The molecular formula is C27H29FN2OSi. The molecule has 0 spiro atoms. The SMILES string of the molecule is [C-]#[N+]c1ccc(CN2CC(O[Si](c3ccccc3)(c3ccccc3)C(C)(C)C)C2)c(F)c1. The Kier molecular flexibility index (Phi) is 6.30. The highest BCUT2D eigenvalue weighted by Gasteiger charge is 2.52. The first kappa shape index (κ1) is 22.4. The summed E-state index contributed by atoms with van der Waals surface area (Å²) in [6, 6.07) is 26.0. The van der Waals surface area contributed by atoms with Crippen LogP contribution in [0.2, 0.25) is 5.04 Å². The molecule has 0 amide bonds. The third-order valence-corrected chi connectivity index (χ3v) is 11.3. The molecule has 0 N–H and O–H groups in total. The molecule has 4 rings (SSSR count). The van der Waals surface area contributed by atoms with Gasteiger partial charge in [0, 0.05) is 19.6 Å². The number of hydrogen-bond acceptors (Lipinski definition) is 2. The van der Waals surface area contributed by atoms with E-state index in [9.17, 15) is 4.39 Å². The molecular weight excluding hydrogens is 415 g/mol. The van der Waals surface area contributed by atoms with E-state index in [-0.39, 0.29) is 17.0 Å². The van der Waals surface area contributed by atoms with Crippen LogP contribution in [0.15, 0.2) is 78.9 Å². The normalized spacial score (nSPS) is 15.2. The summed E-state index contributed by atoms with van der Waals surface area (Å²) in [4.78, 5) is 5.51. The zero-order chi connectivity index (χ0) is 22.8. The highest BCUT2D eigenvalue weighted by molar-refractivity contribution is 6.99. The highest BCUT2D eigenvalue weighted by atomic mass is 28.4. The van der Waals surface area contributed by atoms with E-state index in [0.29, 0.717) is 17.8 Å². The molecule has 0 saturated carbocycles. The van der Waals surface area contributed by atoms with Gasteiger partial charge in [0.1, 0.15) is 5.82 Å². The minimum absolute atomic E-state index is 0.0577. The van der Waals surface area contributed by atoms with Crippen LogP contribution >= 0.6 is 0 Å². The molecule has 1 heterocycles. The van der Waals surface area contributed by atoms with Crippen LogP contribution in [0.25, 0.3) is 4.85 Å². The van der Waals surface area contributed by atoms with Crippen molar-refractivity contribution in [2.24, 2.45) is 0 Å². The van der Waals surface area contributed by atoms with Crippen molar-refractivity contribution in [3.05, 3.63) is 102 Å². The van der Waals surface area contributed by atoms with Crippen molar-refractivity contribution in [1.29, 1.82) is 0 Å². The Morgan fingerprint density at radius 2 is 1.53 bits per heavy atom. The number of benzene rings is 3. The second kappa shape index (κ2) is 8.99.